The fraction of sp³-hybridized carbons (Fsp3) is 0.364. The van der Waals surface area contributed by atoms with Gasteiger partial charge in [-0.05, 0) is 24.6 Å². The number of benzene rings is 1. The first-order valence-electron chi connectivity index (χ1n) is 4.86. The van der Waals surface area contributed by atoms with E-state index < -0.39 is 0 Å². The third-order valence-corrected chi connectivity index (χ3v) is 2.17. The maximum absolute atomic E-state index is 12.9. The van der Waals surface area contributed by atoms with E-state index in [1.807, 2.05) is 13.0 Å². The van der Waals surface area contributed by atoms with Gasteiger partial charge in [-0.3, -0.25) is 4.79 Å². The van der Waals surface area contributed by atoms with Gasteiger partial charge in [-0.2, -0.15) is 0 Å². The molecule has 0 aromatic heterocycles. The molecule has 1 aromatic rings. The maximum Gasteiger partial charge on any atom is 0.218 e. The molecule has 0 heterocycles. The average molecular weight is 210 g/mol. The normalized spacial score (nSPS) is 12.4. The fourth-order valence-corrected chi connectivity index (χ4v) is 1.31. The fourth-order valence-electron chi connectivity index (χ4n) is 1.31. The Labute approximate surface area is 88.5 Å². The quantitative estimate of drug-likeness (QED) is 0.770. The maximum atomic E-state index is 12.9. The molecule has 0 fully saturated rings. The highest BCUT2D eigenvalue weighted by Crippen LogP contribution is 2.12. The van der Waals surface area contributed by atoms with Gasteiger partial charge in [0.2, 0.25) is 5.91 Å². The standard InChI is InChI=1S/C11H15FN2O/c1-8(14-6-5-11(13)15)9-3-2-4-10(12)7-9/h2-4,7-8,14H,5-6H2,1H3,(H2,13,15)/t8-/m1/s1. The molecule has 15 heavy (non-hydrogen) atoms. The van der Waals surface area contributed by atoms with Crippen LogP contribution < -0.4 is 11.1 Å². The zero-order chi connectivity index (χ0) is 11.3. The summed E-state index contributed by atoms with van der Waals surface area (Å²) in [6.45, 7) is 2.42. The van der Waals surface area contributed by atoms with Gasteiger partial charge in [0.05, 0.1) is 0 Å². The molecule has 0 radical (unpaired) electrons. The van der Waals surface area contributed by atoms with Crippen LogP contribution in [0.15, 0.2) is 24.3 Å². The van der Waals surface area contributed by atoms with E-state index in [1.54, 1.807) is 6.07 Å². The van der Waals surface area contributed by atoms with Crippen LogP contribution >= 0.6 is 0 Å². The zero-order valence-electron chi connectivity index (χ0n) is 8.66. The van der Waals surface area contributed by atoms with Crippen LogP contribution in [0.4, 0.5) is 4.39 Å². The summed E-state index contributed by atoms with van der Waals surface area (Å²) in [7, 11) is 0. The van der Waals surface area contributed by atoms with Gasteiger partial charge >= 0.3 is 0 Å². The molecule has 3 nitrogen and oxygen atoms in total. The molecule has 82 valence electrons. The van der Waals surface area contributed by atoms with Crippen LogP contribution in [0.3, 0.4) is 0 Å². The van der Waals surface area contributed by atoms with Crippen molar-refractivity contribution >= 4 is 5.91 Å². The Balaban J connectivity index is 2.46. The van der Waals surface area contributed by atoms with Crippen molar-refractivity contribution in [3.05, 3.63) is 35.6 Å². The summed E-state index contributed by atoms with van der Waals surface area (Å²) in [6.07, 6.45) is 0.291. The van der Waals surface area contributed by atoms with E-state index in [0.717, 1.165) is 5.56 Å². The van der Waals surface area contributed by atoms with Gasteiger partial charge in [-0.25, -0.2) is 4.39 Å². The number of nitrogens with one attached hydrogen (secondary N) is 1. The summed E-state index contributed by atoms with van der Waals surface area (Å²) >= 11 is 0. The smallest absolute Gasteiger partial charge is 0.218 e. The second-order valence-corrected chi connectivity index (χ2v) is 3.45. The van der Waals surface area contributed by atoms with Crippen molar-refractivity contribution in [2.45, 2.75) is 19.4 Å². The molecule has 0 spiro atoms. The number of hydrogen-bond acceptors (Lipinski definition) is 2. The van der Waals surface area contributed by atoms with Gasteiger partial charge < -0.3 is 11.1 Å². The van der Waals surface area contributed by atoms with Crippen molar-refractivity contribution < 1.29 is 9.18 Å². The van der Waals surface area contributed by atoms with Crippen molar-refractivity contribution in [2.75, 3.05) is 6.54 Å². The topological polar surface area (TPSA) is 55.1 Å². The highest BCUT2D eigenvalue weighted by atomic mass is 19.1. The number of carbonyl (C=O) groups is 1. The molecule has 1 amide bonds. The first-order chi connectivity index (χ1) is 7.09. The van der Waals surface area contributed by atoms with E-state index in [4.69, 9.17) is 5.73 Å². The zero-order valence-corrected chi connectivity index (χ0v) is 8.66. The van der Waals surface area contributed by atoms with Crippen LogP contribution in [0.5, 0.6) is 0 Å². The molecule has 1 aromatic carbocycles. The van der Waals surface area contributed by atoms with Gasteiger partial charge in [0.25, 0.3) is 0 Å². The largest absolute Gasteiger partial charge is 0.370 e. The molecular formula is C11H15FN2O. The molecule has 0 aliphatic carbocycles. The molecular weight excluding hydrogens is 195 g/mol. The van der Waals surface area contributed by atoms with Crippen molar-refractivity contribution in [1.29, 1.82) is 0 Å². The van der Waals surface area contributed by atoms with Crippen LogP contribution in [0.25, 0.3) is 0 Å². The van der Waals surface area contributed by atoms with Crippen molar-refractivity contribution in [3.8, 4) is 0 Å². The van der Waals surface area contributed by atoms with Gasteiger partial charge in [0.1, 0.15) is 5.82 Å². The van der Waals surface area contributed by atoms with Crippen LogP contribution in [0.2, 0.25) is 0 Å². The van der Waals surface area contributed by atoms with Crippen LogP contribution in [-0.2, 0) is 4.79 Å². The Kier molecular flexibility index (Phi) is 4.24. The predicted molar refractivity (Wildman–Crippen MR) is 56.6 cm³/mol. The number of hydrogen-bond donors (Lipinski definition) is 2. The molecule has 3 N–H and O–H groups in total. The van der Waals surface area contributed by atoms with Crippen molar-refractivity contribution in [1.82, 2.24) is 5.32 Å². The van der Waals surface area contributed by atoms with Gasteiger partial charge in [-0.15, -0.1) is 0 Å². The summed E-state index contributed by atoms with van der Waals surface area (Å²) in [5, 5.41) is 3.09. The first kappa shape index (κ1) is 11.7. The second-order valence-electron chi connectivity index (χ2n) is 3.45. The lowest BCUT2D eigenvalue weighted by molar-refractivity contribution is -0.117. The molecule has 0 aliphatic rings. The minimum absolute atomic E-state index is 0.0139. The number of halogens is 1. The lowest BCUT2D eigenvalue weighted by Crippen LogP contribution is -2.24. The van der Waals surface area contributed by atoms with Crippen molar-refractivity contribution in [3.63, 3.8) is 0 Å². The summed E-state index contributed by atoms with van der Waals surface area (Å²) in [5.41, 5.74) is 5.86. The molecule has 4 heteroatoms. The van der Waals surface area contributed by atoms with Crippen LogP contribution in [0, 0.1) is 5.82 Å². The predicted octanol–water partition coefficient (Wildman–Crippen LogP) is 1.35. The highest BCUT2D eigenvalue weighted by Gasteiger charge is 2.05. The van der Waals surface area contributed by atoms with Crippen LogP contribution in [-0.4, -0.2) is 12.5 Å². The number of amides is 1. The summed E-state index contributed by atoms with van der Waals surface area (Å²) in [5.74, 6) is -0.593. The van der Waals surface area contributed by atoms with Crippen LogP contribution in [0.1, 0.15) is 24.9 Å². The molecule has 1 rings (SSSR count). The van der Waals surface area contributed by atoms with Gasteiger partial charge in [0, 0.05) is 19.0 Å². The minimum Gasteiger partial charge on any atom is -0.370 e. The second kappa shape index (κ2) is 5.46. The third-order valence-electron chi connectivity index (χ3n) is 2.17. The highest BCUT2D eigenvalue weighted by molar-refractivity contribution is 5.73. The summed E-state index contributed by atoms with van der Waals surface area (Å²) in [6, 6.07) is 6.39. The van der Waals surface area contributed by atoms with E-state index in [1.165, 1.54) is 12.1 Å². The summed E-state index contributed by atoms with van der Waals surface area (Å²) in [4.78, 5) is 10.5. The molecule has 0 saturated carbocycles. The van der Waals surface area contributed by atoms with Crippen molar-refractivity contribution in [2.24, 2.45) is 5.73 Å². The number of primary amides is 1. The number of nitrogens with two attached hydrogens (primary N) is 1. The Morgan fingerprint density at radius 1 is 1.60 bits per heavy atom. The van der Waals surface area contributed by atoms with E-state index in [9.17, 15) is 9.18 Å². The number of rotatable bonds is 5. The Morgan fingerprint density at radius 3 is 2.93 bits per heavy atom. The lowest BCUT2D eigenvalue weighted by Gasteiger charge is -2.13. The Hall–Kier alpha value is -1.42. The first-order valence-corrected chi connectivity index (χ1v) is 4.86. The average Bonchev–Trinajstić information content (AvgIpc) is 2.17. The SMILES string of the molecule is C[C@@H](NCCC(N)=O)c1cccc(F)c1. The number of carbonyl (C=O) groups excluding carboxylic acids is 1. The van der Waals surface area contributed by atoms with Gasteiger partial charge in [-0.1, -0.05) is 12.1 Å². The molecule has 0 aliphatic heterocycles. The van der Waals surface area contributed by atoms with Gasteiger partial charge in [0.15, 0.2) is 0 Å². The lowest BCUT2D eigenvalue weighted by atomic mass is 10.1. The summed E-state index contributed by atoms with van der Waals surface area (Å²) < 4.78 is 12.9. The Bertz CT molecular complexity index is 341. The minimum atomic E-state index is -0.339. The monoisotopic (exact) mass is 210 g/mol. The van der Waals surface area contributed by atoms with E-state index in [-0.39, 0.29) is 17.8 Å². The molecule has 0 saturated heterocycles. The molecule has 1 atom stereocenters. The molecule has 0 unspecified atom stereocenters. The Morgan fingerprint density at radius 2 is 2.33 bits per heavy atom. The van der Waals surface area contributed by atoms with E-state index in [2.05, 4.69) is 5.32 Å². The third kappa shape index (κ3) is 4.08. The van der Waals surface area contributed by atoms with E-state index >= 15 is 0 Å². The van der Waals surface area contributed by atoms with E-state index in [0.29, 0.717) is 13.0 Å². The molecule has 0 bridgehead atoms.